The fourth-order valence-corrected chi connectivity index (χ4v) is 2.39. The third-order valence-corrected chi connectivity index (χ3v) is 3.44. The van der Waals surface area contributed by atoms with Gasteiger partial charge in [0.25, 0.3) is 0 Å². The lowest BCUT2D eigenvalue weighted by atomic mass is 10.1. The minimum Gasteiger partial charge on any atom is -0.490 e. The van der Waals surface area contributed by atoms with Crippen LogP contribution in [0.1, 0.15) is 51.2 Å². The third kappa shape index (κ3) is 8.82. The molecule has 0 aliphatic carbocycles. The van der Waals surface area contributed by atoms with E-state index < -0.39 is 0 Å². The van der Waals surface area contributed by atoms with Crippen molar-refractivity contribution in [1.82, 2.24) is 5.32 Å². The summed E-state index contributed by atoms with van der Waals surface area (Å²) in [4.78, 5) is 11.7. The van der Waals surface area contributed by atoms with Crippen LogP contribution >= 0.6 is 12.4 Å². The minimum absolute atomic E-state index is 0. The minimum atomic E-state index is 0. The first kappa shape index (κ1) is 21.7. The quantitative estimate of drug-likeness (QED) is 0.720. The summed E-state index contributed by atoms with van der Waals surface area (Å²) in [7, 11) is 0. The average Bonchev–Trinajstić information content (AvgIpc) is 2.43. The Morgan fingerprint density at radius 1 is 1.30 bits per heavy atom. The van der Waals surface area contributed by atoms with Crippen molar-refractivity contribution in [3.63, 3.8) is 0 Å². The number of nitrogens with one attached hydrogen (secondary N) is 1. The molecule has 1 rings (SSSR count). The van der Waals surface area contributed by atoms with Crippen LogP contribution in [-0.2, 0) is 11.3 Å². The van der Waals surface area contributed by atoms with Crippen molar-refractivity contribution in [2.24, 2.45) is 11.7 Å². The summed E-state index contributed by atoms with van der Waals surface area (Å²) in [6.07, 6.45) is 2.36. The van der Waals surface area contributed by atoms with E-state index >= 15 is 0 Å². The molecule has 0 bridgehead atoms. The highest BCUT2D eigenvalue weighted by atomic mass is 35.5. The van der Waals surface area contributed by atoms with Gasteiger partial charge in [-0.05, 0) is 50.8 Å². The molecular formula is C18H31ClN2O2. The number of rotatable bonds is 9. The summed E-state index contributed by atoms with van der Waals surface area (Å²) in [6, 6.07) is 6.11. The van der Waals surface area contributed by atoms with Crippen molar-refractivity contribution in [3.05, 3.63) is 29.3 Å². The molecule has 0 radical (unpaired) electrons. The van der Waals surface area contributed by atoms with Gasteiger partial charge >= 0.3 is 0 Å². The molecule has 0 aromatic heterocycles. The molecule has 1 amide bonds. The van der Waals surface area contributed by atoms with Gasteiger partial charge in [-0.15, -0.1) is 12.4 Å². The van der Waals surface area contributed by atoms with E-state index in [9.17, 15) is 4.79 Å². The van der Waals surface area contributed by atoms with Crippen LogP contribution in [0.15, 0.2) is 18.2 Å². The molecule has 0 aliphatic rings. The molecule has 1 atom stereocenters. The SMILES string of the molecule is Cc1ccc(CNC(=O)CCCN)c(OC(C)CC(C)C)c1.Cl. The molecule has 3 N–H and O–H groups in total. The van der Waals surface area contributed by atoms with E-state index in [-0.39, 0.29) is 24.4 Å². The number of hydrogen-bond donors (Lipinski definition) is 2. The number of carbonyl (C=O) groups is 1. The lowest BCUT2D eigenvalue weighted by molar-refractivity contribution is -0.121. The van der Waals surface area contributed by atoms with Gasteiger partial charge in [-0.3, -0.25) is 4.79 Å². The maximum atomic E-state index is 11.7. The van der Waals surface area contributed by atoms with Crippen LogP contribution in [-0.4, -0.2) is 18.6 Å². The van der Waals surface area contributed by atoms with Crippen molar-refractivity contribution in [1.29, 1.82) is 0 Å². The molecule has 0 fully saturated rings. The number of halogens is 1. The van der Waals surface area contributed by atoms with Crippen LogP contribution < -0.4 is 15.8 Å². The Hall–Kier alpha value is -1.26. The van der Waals surface area contributed by atoms with Gasteiger partial charge in [0.2, 0.25) is 5.91 Å². The molecular weight excluding hydrogens is 312 g/mol. The third-order valence-electron chi connectivity index (χ3n) is 3.44. The average molecular weight is 343 g/mol. The van der Waals surface area contributed by atoms with E-state index in [1.54, 1.807) is 0 Å². The highest BCUT2D eigenvalue weighted by molar-refractivity contribution is 5.85. The molecule has 0 aliphatic heterocycles. The van der Waals surface area contributed by atoms with Crippen molar-refractivity contribution in [2.45, 2.75) is 59.6 Å². The van der Waals surface area contributed by atoms with Gasteiger partial charge in [-0.1, -0.05) is 26.0 Å². The maximum absolute atomic E-state index is 11.7. The van der Waals surface area contributed by atoms with E-state index in [2.05, 4.69) is 26.1 Å². The Morgan fingerprint density at radius 3 is 2.61 bits per heavy atom. The van der Waals surface area contributed by atoms with Crippen molar-refractivity contribution >= 4 is 18.3 Å². The van der Waals surface area contributed by atoms with Crippen molar-refractivity contribution in [2.75, 3.05) is 6.54 Å². The Bertz CT molecular complexity index is 478. The van der Waals surface area contributed by atoms with Crippen LogP contribution in [0.5, 0.6) is 5.75 Å². The monoisotopic (exact) mass is 342 g/mol. The van der Waals surface area contributed by atoms with E-state index in [1.165, 1.54) is 0 Å². The topological polar surface area (TPSA) is 64.4 Å². The Labute approximate surface area is 146 Å². The Kier molecular flexibility index (Phi) is 10.7. The fraction of sp³-hybridized carbons (Fsp3) is 0.611. The van der Waals surface area contributed by atoms with Crippen LogP contribution in [0.25, 0.3) is 0 Å². The zero-order valence-electron chi connectivity index (χ0n) is 14.7. The first-order valence-corrected chi connectivity index (χ1v) is 8.15. The van der Waals surface area contributed by atoms with Crippen LogP contribution in [0.2, 0.25) is 0 Å². The van der Waals surface area contributed by atoms with Crippen molar-refractivity contribution in [3.8, 4) is 5.75 Å². The summed E-state index contributed by atoms with van der Waals surface area (Å²) >= 11 is 0. The zero-order valence-corrected chi connectivity index (χ0v) is 15.5. The van der Waals surface area contributed by atoms with Gasteiger partial charge in [-0.25, -0.2) is 0 Å². The molecule has 0 spiro atoms. The lowest BCUT2D eigenvalue weighted by Gasteiger charge is -2.19. The number of benzene rings is 1. The van der Waals surface area contributed by atoms with Gasteiger partial charge in [-0.2, -0.15) is 0 Å². The van der Waals surface area contributed by atoms with Gasteiger partial charge in [0.1, 0.15) is 5.75 Å². The van der Waals surface area contributed by atoms with Gasteiger partial charge < -0.3 is 15.8 Å². The van der Waals surface area contributed by atoms with Crippen LogP contribution in [0.4, 0.5) is 0 Å². The second-order valence-electron chi connectivity index (χ2n) is 6.34. The zero-order chi connectivity index (χ0) is 16.5. The van der Waals surface area contributed by atoms with Gasteiger partial charge in [0.15, 0.2) is 0 Å². The van der Waals surface area contributed by atoms with Crippen LogP contribution in [0, 0.1) is 12.8 Å². The summed E-state index contributed by atoms with van der Waals surface area (Å²) in [6.45, 7) is 9.55. The van der Waals surface area contributed by atoms with Crippen LogP contribution in [0.3, 0.4) is 0 Å². The highest BCUT2D eigenvalue weighted by Gasteiger charge is 2.11. The Morgan fingerprint density at radius 2 is 2.00 bits per heavy atom. The second-order valence-corrected chi connectivity index (χ2v) is 6.34. The van der Waals surface area contributed by atoms with Gasteiger partial charge in [0.05, 0.1) is 6.10 Å². The van der Waals surface area contributed by atoms with E-state index in [0.717, 1.165) is 23.3 Å². The molecule has 1 aromatic rings. The number of aryl methyl sites for hydroxylation is 1. The molecule has 0 heterocycles. The number of hydrogen-bond acceptors (Lipinski definition) is 3. The number of carbonyl (C=O) groups excluding carboxylic acids is 1. The smallest absolute Gasteiger partial charge is 0.220 e. The molecule has 132 valence electrons. The summed E-state index contributed by atoms with van der Waals surface area (Å²) in [5.41, 5.74) is 7.59. The first-order valence-electron chi connectivity index (χ1n) is 8.15. The molecule has 4 nitrogen and oxygen atoms in total. The molecule has 1 unspecified atom stereocenters. The number of ether oxygens (including phenoxy) is 1. The molecule has 1 aromatic carbocycles. The lowest BCUT2D eigenvalue weighted by Crippen LogP contribution is -2.24. The summed E-state index contributed by atoms with van der Waals surface area (Å²) < 4.78 is 6.08. The first-order chi connectivity index (χ1) is 10.4. The number of nitrogens with two attached hydrogens (primary N) is 1. The molecule has 0 saturated carbocycles. The predicted molar refractivity (Wildman–Crippen MR) is 98.1 cm³/mol. The highest BCUT2D eigenvalue weighted by Crippen LogP contribution is 2.23. The van der Waals surface area contributed by atoms with Gasteiger partial charge in [0, 0.05) is 18.5 Å². The summed E-state index contributed by atoms with van der Waals surface area (Å²) in [5.74, 6) is 1.50. The van der Waals surface area contributed by atoms with E-state index in [1.807, 2.05) is 25.1 Å². The molecule has 23 heavy (non-hydrogen) atoms. The Balaban J connectivity index is 0.00000484. The van der Waals surface area contributed by atoms with E-state index in [4.69, 9.17) is 10.5 Å². The maximum Gasteiger partial charge on any atom is 0.220 e. The number of amides is 1. The van der Waals surface area contributed by atoms with E-state index in [0.29, 0.717) is 31.8 Å². The fourth-order valence-electron chi connectivity index (χ4n) is 2.39. The summed E-state index contributed by atoms with van der Waals surface area (Å²) in [5, 5.41) is 2.93. The predicted octanol–water partition coefficient (Wildman–Crippen LogP) is 3.59. The molecule has 0 saturated heterocycles. The largest absolute Gasteiger partial charge is 0.490 e. The normalized spacial score (nSPS) is 11.7. The molecule has 5 heteroatoms. The second kappa shape index (κ2) is 11.3. The standard InChI is InChI=1S/C18H30N2O2.ClH/c1-13(2)10-15(4)22-17-11-14(3)7-8-16(17)12-20-18(21)6-5-9-19;/h7-8,11,13,15H,5-6,9-10,12,19H2,1-4H3,(H,20,21);1H. The van der Waals surface area contributed by atoms with Crippen molar-refractivity contribution < 1.29 is 9.53 Å².